The quantitative estimate of drug-likeness (QED) is 0.196. The number of carbonyl (C=O) groups is 3. The summed E-state index contributed by atoms with van der Waals surface area (Å²) in [5.41, 5.74) is -1.71. The number of aliphatic hydroxyl groups excluding tert-OH is 1. The van der Waals surface area contributed by atoms with Gasteiger partial charge in [0.25, 0.3) is 0 Å². The van der Waals surface area contributed by atoms with E-state index in [1.165, 1.54) is 6.08 Å². The van der Waals surface area contributed by atoms with Crippen molar-refractivity contribution in [3.63, 3.8) is 0 Å². The van der Waals surface area contributed by atoms with Crippen LogP contribution in [0.1, 0.15) is 134 Å². The van der Waals surface area contributed by atoms with Crippen molar-refractivity contribution in [3.8, 4) is 0 Å². The number of carbonyl (C=O) groups excluding carboxylic acids is 2. The fraction of sp³-hybridized carbons (Fsp3) is 0.884. The van der Waals surface area contributed by atoms with E-state index < -0.39 is 76.8 Å². The molecule has 5 rings (SSSR count). The summed E-state index contributed by atoms with van der Waals surface area (Å²) in [5, 5.41) is 32.7. The number of carboxylic acids is 1. The average molecular weight is 763 g/mol. The molecule has 0 radical (unpaired) electrons. The second-order valence-electron chi connectivity index (χ2n) is 18.3. The maximum absolute atomic E-state index is 14.5. The zero-order valence-electron chi connectivity index (χ0n) is 34.7. The lowest BCUT2D eigenvalue weighted by Crippen LogP contribution is -2.62. The first-order valence-corrected chi connectivity index (χ1v) is 21.0. The molecule has 0 aromatic carbocycles. The third-order valence-electron chi connectivity index (χ3n) is 14.6. The van der Waals surface area contributed by atoms with Gasteiger partial charge in [-0.2, -0.15) is 0 Å². The average Bonchev–Trinajstić information content (AvgIpc) is 3.47. The molecule has 4 fully saturated rings. The Kier molecular flexibility index (Phi) is 13.1. The van der Waals surface area contributed by atoms with Crippen LogP contribution in [0.15, 0.2) is 12.2 Å². The summed E-state index contributed by atoms with van der Waals surface area (Å²) in [4.78, 5) is 40.2. The molecule has 5 aliphatic heterocycles. The van der Waals surface area contributed by atoms with Gasteiger partial charge in [0.1, 0.15) is 5.78 Å². The Morgan fingerprint density at radius 1 is 0.870 bits per heavy atom. The zero-order chi connectivity index (χ0) is 40.1. The number of hydrogen-bond acceptors (Lipinski definition) is 10. The van der Waals surface area contributed by atoms with Crippen molar-refractivity contribution in [3.05, 3.63) is 12.2 Å². The van der Waals surface area contributed by atoms with Gasteiger partial charge in [0.15, 0.2) is 5.79 Å². The molecule has 5 heterocycles. The Morgan fingerprint density at radius 3 is 2.09 bits per heavy atom. The number of ether oxygens (including phenoxy) is 5. The molecule has 54 heavy (non-hydrogen) atoms. The maximum atomic E-state index is 14.5. The molecular formula is C43H70O11. The zero-order valence-corrected chi connectivity index (χ0v) is 34.7. The monoisotopic (exact) mass is 762 g/mol. The smallest absolute Gasteiger partial charge is 0.309 e. The van der Waals surface area contributed by atoms with Gasteiger partial charge in [-0.1, -0.05) is 62.3 Å². The summed E-state index contributed by atoms with van der Waals surface area (Å²) < 4.78 is 33.3. The molecule has 4 saturated heterocycles. The summed E-state index contributed by atoms with van der Waals surface area (Å²) in [5.74, 6) is -6.49. The Morgan fingerprint density at radius 2 is 1.50 bits per heavy atom. The number of aliphatic carboxylic acids is 1. The van der Waals surface area contributed by atoms with Gasteiger partial charge < -0.3 is 39.0 Å². The first kappa shape index (κ1) is 43.4. The molecule has 5 aliphatic rings. The number of ketones is 2. The Bertz CT molecular complexity index is 1400. The summed E-state index contributed by atoms with van der Waals surface area (Å²) in [6.45, 7) is 21.5. The highest BCUT2D eigenvalue weighted by atomic mass is 16.8. The predicted molar refractivity (Wildman–Crippen MR) is 202 cm³/mol. The maximum Gasteiger partial charge on any atom is 0.309 e. The van der Waals surface area contributed by atoms with E-state index >= 15 is 0 Å². The topological polar surface area (TPSA) is 158 Å². The highest BCUT2D eigenvalue weighted by Gasteiger charge is 2.63. The van der Waals surface area contributed by atoms with E-state index in [0.29, 0.717) is 51.4 Å². The number of Topliss-reactive ketones (excluding diaryl/α,β-unsaturated/α-hetero) is 1. The van der Waals surface area contributed by atoms with Crippen LogP contribution in [-0.2, 0) is 38.1 Å². The lowest BCUT2D eigenvalue weighted by Gasteiger charge is -2.53. The molecule has 3 N–H and O–H groups in total. The van der Waals surface area contributed by atoms with Gasteiger partial charge in [0.05, 0.1) is 53.7 Å². The third kappa shape index (κ3) is 7.78. The summed E-state index contributed by atoms with van der Waals surface area (Å²) in [6.07, 6.45) is 5.09. The highest BCUT2D eigenvalue weighted by molar-refractivity contribution is 5.97. The summed E-state index contributed by atoms with van der Waals surface area (Å²) in [6, 6.07) is 0. The van der Waals surface area contributed by atoms with Crippen LogP contribution in [-0.4, -0.2) is 92.3 Å². The Labute approximate surface area is 323 Å². The van der Waals surface area contributed by atoms with E-state index in [2.05, 4.69) is 13.8 Å². The van der Waals surface area contributed by atoms with Gasteiger partial charge in [-0.25, -0.2) is 0 Å². The van der Waals surface area contributed by atoms with E-state index in [1.54, 1.807) is 13.0 Å². The molecule has 0 bridgehead atoms. The van der Waals surface area contributed by atoms with E-state index in [1.807, 2.05) is 55.4 Å². The van der Waals surface area contributed by atoms with E-state index in [0.717, 1.165) is 6.42 Å². The lowest BCUT2D eigenvalue weighted by atomic mass is 9.72. The second kappa shape index (κ2) is 16.3. The van der Waals surface area contributed by atoms with E-state index in [-0.39, 0.29) is 47.4 Å². The minimum absolute atomic E-state index is 0.0120. The number of rotatable bonds is 12. The molecule has 0 aromatic rings. The van der Waals surface area contributed by atoms with Crippen LogP contribution < -0.4 is 0 Å². The van der Waals surface area contributed by atoms with E-state index in [4.69, 9.17) is 23.7 Å². The van der Waals surface area contributed by atoms with Crippen LogP contribution in [0.2, 0.25) is 0 Å². The molecule has 0 amide bonds. The minimum atomic E-state index is -1.57. The predicted octanol–water partition coefficient (Wildman–Crippen LogP) is 6.64. The Balaban J connectivity index is 1.32. The lowest BCUT2D eigenvalue weighted by molar-refractivity contribution is -0.378. The van der Waals surface area contributed by atoms with Crippen molar-refractivity contribution in [1.29, 1.82) is 0 Å². The number of aliphatic hydroxyl groups is 2. The van der Waals surface area contributed by atoms with Crippen LogP contribution >= 0.6 is 0 Å². The Hall–Kier alpha value is -1.73. The minimum Gasteiger partial charge on any atom is -0.481 e. The summed E-state index contributed by atoms with van der Waals surface area (Å²) in [7, 11) is 0. The molecule has 18 atom stereocenters. The van der Waals surface area contributed by atoms with Crippen molar-refractivity contribution < 1.29 is 53.4 Å². The van der Waals surface area contributed by atoms with Crippen molar-refractivity contribution in [2.75, 3.05) is 0 Å². The van der Waals surface area contributed by atoms with Crippen LogP contribution in [0.4, 0.5) is 0 Å². The molecule has 11 heteroatoms. The van der Waals surface area contributed by atoms with Crippen LogP contribution in [0.5, 0.6) is 0 Å². The molecule has 0 aliphatic carbocycles. The molecule has 2 spiro atoms. The largest absolute Gasteiger partial charge is 0.481 e. The molecule has 308 valence electrons. The van der Waals surface area contributed by atoms with Gasteiger partial charge >= 0.3 is 5.97 Å². The molecule has 1 unspecified atom stereocenters. The molecule has 0 aromatic heterocycles. The highest BCUT2D eigenvalue weighted by Crippen LogP contribution is 2.53. The van der Waals surface area contributed by atoms with Gasteiger partial charge in [0.2, 0.25) is 11.6 Å². The van der Waals surface area contributed by atoms with Crippen molar-refractivity contribution >= 4 is 17.5 Å². The fourth-order valence-corrected chi connectivity index (χ4v) is 10.8. The first-order chi connectivity index (χ1) is 25.2. The SMILES string of the molecule is CC[C@@H](C(=O)O)[C@@H]1O[C@@H]([C@@H](C)[C@H](O)[C@H](C)C(=O)[C@H](CC)[C@H]2O[C@]3(C=CC(=O)[C@]4(CC[C@@](C)(C5CC[C@](O)(CC)[C@H](C)O5)O4)O3)[C@H](C)C[C@@H]2C)[C@@H](C)C[C@@H]1C. The van der Waals surface area contributed by atoms with Crippen molar-refractivity contribution in [2.24, 2.45) is 47.3 Å². The van der Waals surface area contributed by atoms with Crippen LogP contribution in [0.25, 0.3) is 0 Å². The molecule has 0 saturated carbocycles. The van der Waals surface area contributed by atoms with Gasteiger partial charge in [-0.3, -0.25) is 14.4 Å². The second-order valence-corrected chi connectivity index (χ2v) is 18.3. The molecular weight excluding hydrogens is 692 g/mol. The van der Waals surface area contributed by atoms with Crippen molar-refractivity contribution in [1.82, 2.24) is 0 Å². The number of hydrogen-bond donors (Lipinski definition) is 3. The number of carboxylic acid groups (broad SMARTS) is 1. The van der Waals surface area contributed by atoms with Crippen LogP contribution in [0, 0.1) is 47.3 Å². The van der Waals surface area contributed by atoms with E-state index in [9.17, 15) is 29.7 Å². The normalized spacial score (nSPS) is 45.6. The van der Waals surface area contributed by atoms with Crippen LogP contribution in [0.3, 0.4) is 0 Å². The summed E-state index contributed by atoms with van der Waals surface area (Å²) >= 11 is 0. The van der Waals surface area contributed by atoms with Gasteiger partial charge in [-0.15, -0.1) is 0 Å². The third-order valence-corrected chi connectivity index (χ3v) is 14.6. The fourth-order valence-electron chi connectivity index (χ4n) is 10.8. The van der Waals surface area contributed by atoms with Gasteiger partial charge in [-0.05, 0) is 95.1 Å². The molecule has 11 nitrogen and oxygen atoms in total. The standard InChI is InChI=1S/C43H70O11/c1-12-30(35(46)27(8)34(45)28(9)36-23(4)21-24(5)37(51-36)31(13-2)39(47)48)38-25(6)22-26(7)42(52-38)18-15-32(44)43(54-42)20-19-40(11,53-43)33-16-17-41(49,14-3)29(10)50-33/h15,18,23-31,33-34,36-38,45,49H,12-14,16-17,19-22H2,1-11H3,(H,47,48)/t23-,24-,25-,26+,27-,28-,29-,30-,31+,33?,34+,36+,37+,38-,40-,41+,42-,43-/m0/s1. The first-order valence-electron chi connectivity index (χ1n) is 21.0. The van der Waals surface area contributed by atoms with Crippen molar-refractivity contribution in [2.45, 2.75) is 193 Å². The van der Waals surface area contributed by atoms with Gasteiger partial charge in [0, 0.05) is 30.1 Å².